The van der Waals surface area contributed by atoms with Crippen molar-refractivity contribution in [2.45, 2.75) is 44.1 Å². The lowest BCUT2D eigenvalue weighted by Crippen LogP contribution is -2.46. The molecule has 3 atom stereocenters. The van der Waals surface area contributed by atoms with Crippen LogP contribution < -0.4 is 10.6 Å². The van der Waals surface area contributed by atoms with Gasteiger partial charge in [-0.25, -0.2) is 9.67 Å². The van der Waals surface area contributed by atoms with Gasteiger partial charge in [-0.3, -0.25) is 9.59 Å². The van der Waals surface area contributed by atoms with Crippen molar-refractivity contribution < 1.29 is 9.59 Å². The van der Waals surface area contributed by atoms with Crippen molar-refractivity contribution >= 4 is 45.0 Å². The maximum Gasteiger partial charge on any atom is 0.262 e. The summed E-state index contributed by atoms with van der Waals surface area (Å²) in [6, 6.07) is 16.6. The Balaban J connectivity index is 1.60. The van der Waals surface area contributed by atoms with Crippen molar-refractivity contribution in [3.8, 4) is 0 Å². The van der Waals surface area contributed by atoms with E-state index in [1.807, 2.05) is 68.6 Å². The zero-order valence-corrected chi connectivity index (χ0v) is 21.6. The van der Waals surface area contributed by atoms with Crippen molar-refractivity contribution in [3.63, 3.8) is 0 Å². The van der Waals surface area contributed by atoms with Crippen molar-refractivity contribution in [3.05, 3.63) is 83.3 Å². The van der Waals surface area contributed by atoms with Crippen LogP contribution in [-0.4, -0.2) is 38.9 Å². The van der Waals surface area contributed by atoms with Gasteiger partial charge in [0.15, 0.2) is 0 Å². The number of hydrogen-bond donors (Lipinski definition) is 2. The molecule has 2 aromatic heterocycles. The second-order valence-corrected chi connectivity index (χ2v) is 10.2. The summed E-state index contributed by atoms with van der Waals surface area (Å²) in [4.78, 5) is 31.4. The first-order valence-corrected chi connectivity index (χ1v) is 13.7. The standard InChI is InChI=1S/C26H29N5O2S2/c1-4-21(31-16-27-15-28-31)25(32)29-17(2)23(18-10-6-5-7-11-18)30-26(33)24-20(14-34-3)19-12-8-9-13-22(19)35-24/h5-13,15-17,21,23H,4,14H2,1-3H3,(H,29,32)(H,30,33). The van der Waals surface area contributed by atoms with Gasteiger partial charge in [0.25, 0.3) is 5.91 Å². The maximum atomic E-state index is 13.6. The van der Waals surface area contributed by atoms with Gasteiger partial charge in [-0.05, 0) is 42.2 Å². The Morgan fingerprint density at radius 1 is 1.09 bits per heavy atom. The molecule has 2 heterocycles. The molecular weight excluding hydrogens is 478 g/mol. The summed E-state index contributed by atoms with van der Waals surface area (Å²) in [5.41, 5.74) is 1.98. The number of rotatable bonds is 10. The molecular formula is C26H29N5O2S2. The van der Waals surface area contributed by atoms with Crippen molar-refractivity contribution in [2.24, 2.45) is 0 Å². The molecule has 9 heteroatoms. The Hall–Kier alpha value is -3.17. The van der Waals surface area contributed by atoms with Gasteiger partial charge < -0.3 is 10.6 Å². The first-order valence-electron chi connectivity index (χ1n) is 11.5. The highest BCUT2D eigenvalue weighted by Gasteiger charge is 2.28. The monoisotopic (exact) mass is 507 g/mol. The predicted octanol–water partition coefficient (Wildman–Crippen LogP) is 4.98. The minimum absolute atomic E-state index is 0.131. The van der Waals surface area contributed by atoms with E-state index in [-0.39, 0.29) is 17.9 Å². The maximum absolute atomic E-state index is 13.6. The number of nitrogens with zero attached hydrogens (tertiary/aromatic N) is 3. The van der Waals surface area contributed by atoms with E-state index in [0.717, 1.165) is 27.0 Å². The first-order chi connectivity index (χ1) is 17.0. The first kappa shape index (κ1) is 24.9. The molecule has 0 bridgehead atoms. The summed E-state index contributed by atoms with van der Waals surface area (Å²) in [5, 5.41) is 11.6. The van der Waals surface area contributed by atoms with E-state index in [0.29, 0.717) is 11.3 Å². The normalized spacial score (nSPS) is 13.8. The van der Waals surface area contributed by atoms with E-state index in [1.54, 1.807) is 22.8 Å². The average molecular weight is 508 g/mol. The van der Waals surface area contributed by atoms with E-state index in [4.69, 9.17) is 0 Å². The zero-order chi connectivity index (χ0) is 24.8. The van der Waals surface area contributed by atoms with Gasteiger partial charge in [0.2, 0.25) is 5.91 Å². The molecule has 0 aliphatic rings. The highest BCUT2D eigenvalue weighted by molar-refractivity contribution is 7.97. The predicted molar refractivity (Wildman–Crippen MR) is 143 cm³/mol. The van der Waals surface area contributed by atoms with E-state index >= 15 is 0 Å². The molecule has 0 aliphatic heterocycles. The SMILES string of the molecule is CCC(C(=O)NC(C)C(NC(=O)c1sc2ccccc2c1CSC)c1ccccc1)n1cncn1. The van der Waals surface area contributed by atoms with Gasteiger partial charge in [0, 0.05) is 10.5 Å². The topological polar surface area (TPSA) is 88.9 Å². The number of amides is 2. The van der Waals surface area contributed by atoms with Crippen LogP contribution in [0.3, 0.4) is 0 Å². The van der Waals surface area contributed by atoms with Crippen molar-refractivity contribution in [1.29, 1.82) is 0 Å². The molecule has 0 radical (unpaired) electrons. The molecule has 4 rings (SSSR count). The molecule has 0 aliphatic carbocycles. The van der Waals surface area contributed by atoms with Crippen LogP contribution in [0, 0.1) is 0 Å². The average Bonchev–Trinajstić information content (AvgIpc) is 3.52. The molecule has 2 N–H and O–H groups in total. The van der Waals surface area contributed by atoms with Crippen LogP contribution in [0.2, 0.25) is 0 Å². The minimum atomic E-state index is -0.470. The van der Waals surface area contributed by atoms with E-state index in [9.17, 15) is 9.59 Å². The second kappa shape index (κ2) is 11.5. The number of hydrogen-bond acceptors (Lipinski definition) is 6. The fourth-order valence-corrected chi connectivity index (χ4v) is 6.01. The molecule has 182 valence electrons. The Bertz CT molecular complexity index is 1270. The van der Waals surface area contributed by atoms with Crippen molar-refractivity contribution in [2.75, 3.05) is 6.26 Å². The Morgan fingerprint density at radius 3 is 2.51 bits per heavy atom. The van der Waals surface area contributed by atoms with Crippen molar-refractivity contribution in [1.82, 2.24) is 25.4 Å². The number of thiophene rings is 1. The van der Waals surface area contributed by atoms with Crippen LogP contribution >= 0.6 is 23.1 Å². The number of nitrogens with one attached hydrogen (secondary N) is 2. The molecule has 2 amide bonds. The number of carbonyl (C=O) groups is 2. The minimum Gasteiger partial charge on any atom is -0.349 e. The lowest BCUT2D eigenvalue weighted by Gasteiger charge is -2.28. The van der Waals surface area contributed by atoms with Gasteiger partial charge in [-0.15, -0.1) is 11.3 Å². The van der Waals surface area contributed by atoms with Gasteiger partial charge in [-0.1, -0.05) is 55.5 Å². The molecule has 0 saturated heterocycles. The summed E-state index contributed by atoms with van der Waals surface area (Å²) in [5.74, 6) is 0.463. The second-order valence-electron chi connectivity index (χ2n) is 8.30. The Morgan fingerprint density at radius 2 is 1.83 bits per heavy atom. The van der Waals surface area contributed by atoms with Crippen LogP contribution in [0.25, 0.3) is 10.1 Å². The summed E-state index contributed by atoms with van der Waals surface area (Å²) >= 11 is 3.21. The molecule has 4 aromatic rings. The Kier molecular flexibility index (Phi) is 8.20. The van der Waals surface area contributed by atoms with Gasteiger partial charge in [-0.2, -0.15) is 16.9 Å². The van der Waals surface area contributed by atoms with Crippen LogP contribution in [0.1, 0.15) is 53.2 Å². The number of aromatic nitrogens is 3. The summed E-state index contributed by atoms with van der Waals surface area (Å²) in [7, 11) is 0. The number of benzene rings is 2. The fourth-order valence-electron chi connectivity index (χ4n) is 4.21. The molecule has 35 heavy (non-hydrogen) atoms. The highest BCUT2D eigenvalue weighted by Crippen LogP contribution is 2.34. The molecule has 3 unspecified atom stereocenters. The third-order valence-corrected chi connectivity index (χ3v) is 7.74. The number of carbonyl (C=O) groups excluding carboxylic acids is 2. The quantitative estimate of drug-likeness (QED) is 0.316. The van der Waals surface area contributed by atoms with E-state index < -0.39 is 12.1 Å². The molecule has 0 saturated carbocycles. The van der Waals surface area contributed by atoms with E-state index in [1.165, 1.54) is 17.7 Å². The van der Waals surface area contributed by atoms with Crippen LogP contribution in [-0.2, 0) is 10.5 Å². The highest BCUT2D eigenvalue weighted by atomic mass is 32.2. The van der Waals surface area contributed by atoms with Crippen LogP contribution in [0.15, 0.2) is 67.3 Å². The summed E-state index contributed by atoms with van der Waals surface area (Å²) < 4.78 is 2.65. The van der Waals surface area contributed by atoms with Crippen LogP contribution in [0.5, 0.6) is 0 Å². The number of thioether (sulfide) groups is 1. The third kappa shape index (κ3) is 5.57. The van der Waals surface area contributed by atoms with Gasteiger partial charge in [0.05, 0.1) is 17.0 Å². The summed E-state index contributed by atoms with van der Waals surface area (Å²) in [6.45, 7) is 3.85. The van der Waals surface area contributed by atoms with Crippen LogP contribution in [0.4, 0.5) is 0 Å². The summed E-state index contributed by atoms with van der Waals surface area (Å²) in [6.07, 6.45) is 5.58. The molecule has 2 aromatic carbocycles. The smallest absolute Gasteiger partial charge is 0.262 e. The molecule has 7 nitrogen and oxygen atoms in total. The lowest BCUT2D eigenvalue weighted by atomic mass is 9.99. The zero-order valence-electron chi connectivity index (χ0n) is 20.0. The third-order valence-electron chi connectivity index (χ3n) is 5.95. The van der Waals surface area contributed by atoms with Gasteiger partial charge >= 0.3 is 0 Å². The molecule has 0 spiro atoms. The number of fused-ring (bicyclic) bond motifs is 1. The molecule has 0 fully saturated rings. The van der Waals surface area contributed by atoms with Gasteiger partial charge in [0.1, 0.15) is 18.7 Å². The largest absolute Gasteiger partial charge is 0.349 e. The Labute approximate surface area is 213 Å². The van der Waals surface area contributed by atoms with E-state index in [2.05, 4.69) is 26.8 Å². The lowest BCUT2D eigenvalue weighted by molar-refractivity contribution is -0.125. The fraction of sp³-hybridized carbons (Fsp3) is 0.308.